The lowest BCUT2D eigenvalue weighted by atomic mass is 10.0. The second kappa shape index (κ2) is 55.4. The van der Waals surface area contributed by atoms with Crippen molar-refractivity contribution in [2.45, 2.75) is 102 Å². The predicted octanol–water partition coefficient (Wildman–Crippen LogP) is 14.3. The number of ether oxygens (including phenoxy) is 8. The Morgan fingerprint density at radius 3 is 0.818 bits per heavy atom. The number of hydrogen-bond acceptors (Lipinski definition) is 18. The smallest absolute Gasteiger partial charge is 0.186 e. The summed E-state index contributed by atoms with van der Waals surface area (Å²) in [6, 6.07) is 45.8. The van der Waals surface area contributed by atoms with E-state index in [4.69, 9.17) is 89.0 Å². The van der Waals surface area contributed by atoms with Crippen LogP contribution in [0.5, 0.6) is 46.0 Å². The van der Waals surface area contributed by atoms with Crippen molar-refractivity contribution in [2.24, 2.45) is 0 Å². The van der Waals surface area contributed by atoms with Crippen molar-refractivity contribution < 1.29 is 89.0 Å². The van der Waals surface area contributed by atoms with Crippen LogP contribution in [0.3, 0.4) is 0 Å². The van der Waals surface area contributed by atoms with Gasteiger partial charge in [0.15, 0.2) is 13.6 Å². The van der Waals surface area contributed by atoms with E-state index in [0.29, 0.717) is 49.4 Å². The fourth-order valence-electron chi connectivity index (χ4n) is 8.55. The number of aliphatic hydroxyl groups is 10. The normalized spacial score (nSPS) is 9.98. The van der Waals surface area contributed by atoms with Crippen LogP contribution in [-0.4, -0.2) is 144 Å². The average Bonchev–Trinajstić information content (AvgIpc) is 0.875. The van der Waals surface area contributed by atoms with Gasteiger partial charge in [0.25, 0.3) is 0 Å². The molecule has 0 bridgehead atoms. The van der Waals surface area contributed by atoms with Crippen molar-refractivity contribution >= 4 is 63.7 Å². The van der Waals surface area contributed by atoms with Crippen LogP contribution in [0, 0.1) is 48.5 Å². The summed E-state index contributed by atoms with van der Waals surface area (Å²) in [7, 11) is 0. The van der Waals surface area contributed by atoms with Crippen LogP contribution < -0.4 is 37.9 Å². The van der Waals surface area contributed by atoms with Gasteiger partial charge in [0.2, 0.25) is 0 Å². The summed E-state index contributed by atoms with van der Waals surface area (Å²) < 4.78 is 45.2. The summed E-state index contributed by atoms with van der Waals surface area (Å²) in [5.74, 6) is 6.09. The first-order valence-corrected chi connectivity index (χ1v) is 35.3. The number of rotatable bonds is 27. The largest absolute Gasteiger partial charge is 0.491 e. The Hall–Kier alpha value is -6.32. The zero-order valence-corrected chi connectivity index (χ0v) is 64.9. The van der Waals surface area contributed by atoms with Crippen molar-refractivity contribution in [3.63, 3.8) is 0 Å². The highest BCUT2D eigenvalue weighted by atomic mass is 79.9. The van der Waals surface area contributed by atoms with Crippen molar-refractivity contribution in [1.29, 1.82) is 0 Å². The van der Waals surface area contributed by atoms with Gasteiger partial charge in [-0.3, -0.25) is 0 Å². The molecule has 0 unspecified atom stereocenters. The van der Waals surface area contributed by atoms with Crippen LogP contribution in [-0.2, 0) is 32.5 Å². The van der Waals surface area contributed by atoms with Gasteiger partial charge in [-0.2, -0.15) is 0 Å². The van der Waals surface area contributed by atoms with E-state index in [9.17, 15) is 0 Å². The minimum atomic E-state index is -0.261. The van der Waals surface area contributed by atoms with Crippen molar-refractivity contribution in [3.05, 3.63) is 230 Å². The first-order valence-electron chi connectivity index (χ1n) is 32.2. The quantitative estimate of drug-likeness (QED) is 0.0214. The Labute approximate surface area is 619 Å². The fraction of sp³-hybridized carbons (Fsp3) is 0.377. The van der Waals surface area contributed by atoms with Crippen molar-refractivity contribution in [3.8, 4) is 46.0 Å². The molecule has 0 aliphatic heterocycles. The Balaban J connectivity index is 0.000000567. The maximum atomic E-state index is 8.69. The molecule has 8 aromatic carbocycles. The molecule has 18 nitrogen and oxygen atoms in total. The van der Waals surface area contributed by atoms with Gasteiger partial charge in [-0.15, -0.1) is 0 Å². The predicted molar refractivity (Wildman–Crippen MR) is 406 cm³/mol. The zero-order valence-electron chi connectivity index (χ0n) is 58.5. The highest BCUT2D eigenvalue weighted by molar-refractivity contribution is 9.11. The monoisotopic (exact) mass is 1630 g/mol. The molecule has 8 rings (SSSR count). The van der Waals surface area contributed by atoms with Crippen molar-refractivity contribution in [2.75, 3.05) is 92.9 Å². The molecule has 10 N–H and O–H groups in total. The Morgan fingerprint density at radius 2 is 0.505 bits per heavy atom. The van der Waals surface area contributed by atoms with Crippen LogP contribution in [0.2, 0.25) is 0 Å². The van der Waals surface area contributed by atoms with Gasteiger partial charge in [0.05, 0.1) is 70.7 Å². The molecule has 546 valence electrons. The van der Waals surface area contributed by atoms with Gasteiger partial charge in [0.1, 0.15) is 85.6 Å². The Morgan fingerprint density at radius 1 is 0.253 bits per heavy atom. The molecule has 0 saturated heterocycles. The van der Waals surface area contributed by atoms with Crippen molar-refractivity contribution in [1.82, 2.24) is 0 Å². The van der Waals surface area contributed by atoms with Gasteiger partial charge < -0.3 is 89.0 Å². The number of halogens is 4. The molecule has 22 heteroatoms. The maximum absolute atomic E-state index is 8.69. The molecule has 0 aliphatic rings. The molecule has 0 spiro atoms. The summed E-state index contributed by atoms with van der Waals surface area (Å²) >= 11 is 13.6. The molecule has 0 aliphatic carbocycles. The van der Waals surface area contributed by atoms with E-state index in [-0.39, 0.29) is 79.7 Å². The number of aliphatic hydroxyl groups excluding tert-OH is 10. The molecule has 0 saturated carbocycles. The molecular weight excluding hydrogens is 1530 g/mol. The van der Waals surface area contributed by atoms with Crippen LogP contribution >= 0.6 is 63.7 Å². The molecule has 0 heterocycles. The standard InChI is InChI=1S/C12H18O2.C11H16O2.C10H12Br2O2.C10H14O4.C9H10Br2O2.C9H12O2.2C8H10O2/c1-4-11-7-9(2)12(10(3)8-11)14-6-5-13;1-8-6-9(2)11(10(3)7-8)13-5-4-12;1-2-7-5-8(11)10(9(12)6-7)14-4-3-13;11-5-7-13-9-1-2-10(4-3-9)14-8-6-12;1-6-4-7(10)9(8(11)5-6)13-3-2-12;1-2-8-3-5-9(6-4-8)11-7-10;1-7-2-4-8(5-3-7)10-6-9;9-5-7-1-2-8(6-10)4-3-7/h7-8,13H,4-6H2,1-3H3;6-7,12H,4-5H2,1-3H3;5-6,13H,2-4H2,1H3;1-4,11-12H,5-8H2;4-5,12H,2-3H2,1H3;3-6,10H,2,7H2,1H3;2-5,9H,6H2,1H3;1-4,9-10H,5-6H2. The van der Waals surface area contributed by atoms with E-state index in [1.54, 1.807) is 48.5 Å². The van der Waals surface area contributed by atoms with E-state index in [0.717, 1.165) is 99.1 Å². The third kappa shape index (κ3) is 38.9. The summed E-state index contributed by atoms with van der Waals surface area (Å²) in [6.07, 6.45) is 3.05. The van der Waals surface area contributed by atoms with Gasteiger partial charge in [-0.1, -0.05) is 105 Å². The summed E-state index contributed by atoms with van der Waals surface area (Å²) in [5, 5.41) is 85.7. The topological polar surface area (TPSA) is 276 Å². The third-order valence-electron chi connectivity index (χ3n) is 13.2. The molecule has 0 aromatic heterocycles. The number of benzene rings is 8. The Kier molecular flexibility index (Phi) is 50.7. The summed E-state index contributed by atoms with van der Waals surface area (Å²) in [5.41, 5.74) is 13.7. The second-order valence-electron chi connectivity index (χ2n) is 21.3. The molecule has 0 atom stereocenters. The highest BCUT2D eigenvalue weighted by Gasteiger charge is 2.10. The van der Waals surface area contributed by atoms with E-state index < -0.39 is 0 Å². The fourth-order valence-corrected chi connectivity index (χ4v) is 11.7. The van der Waals surface area contributed by atoms with Gasteiger partial charge in [-0.05, 0) is 260 Å². The summed E-state index contributed by atoms with van der Waals surface area (Å²) in [6.45, 7) is 22.2. The lowest BCUT2D eigenvalue weighted by Crippen LogP contribution is -2.04. The highest BCUT2D eigenvalue weighted by Crippen LogP contribution is 2.36. The van der Waals surface area contributed by atoms with E-state index in [1.165, 1.54) is 27.8 Å². The molecular formula is C77H102Br4O18. The lowest BCUT2D eigenvalue weighted by Gasteiger charge is -2.12. The lowest BCUT2D eigenvalue weighted by molar-refractivity contribution is 0.0981. The number of aryl methyl sites for hydroxylation is 10. The maximum Gasteiger partial charge on any atom is 0.186 e. The molecule has 0 fully saturated rings. The minimum absolute atomic E-state index is 0.00274. The van der Waals surface area contributed by atoms with Crippen LogP contribution in [0.4, 0.5) is 0 Å². The number of hydrogen-bond donors (Lipinski definition) is 10. The molecule has 0 radical (unpaired) electrons. The van der Waals surface area contributed by atoms with Crippen LogP contribution in [0.1, 0.15) is 87.5 Å². The zero-order chi connectivity index (χ0) is 73.9. The molecule has 99 heavy (non-hydrogen) atoms. The van der Waals surface area contributed by atoms with Crippen LogP contribution in [0.15, 0.2) is 163 Å². The SMILES string of the molecule is CCc1cc(Br)c(OCCO)c(Br)c1.CCc1cc(C)c(OCCO)c(C)c1.CCc1ccc(OCO)cc1.Cc1cc(Br)c(OCCO)c(Br)c1.Cc1cc(C)c(OCCO)c(C)c1.Cc1ccc(OCO)cc1.OCCOc1ccc(OCCO)cc1.OCc1ccc(CO)cc1. The van der Waals surface area contributed by atoms with Gasteiger partial charge in [-0.25, -0.2) is 0 Å². The van der Waals surface area contributed by atoms with E-state index >= 15 is 0 Å². The summed E-state index contributed by atoms with van der Waals surface area (Å²) in [4.78, 5) is 0. The minimum Gasteiger partial charge on any atom is -0.491 e. The molecule has 8 aromatic rings. The Bertz CT molecular complexity index is 3130. The first-order chi connectivity index (χ1) is 47.6. The average molecular weight is 1640 g/mol. The van der Waals surface area contributed by atoms with Crippen LogP contribution in [0.25, 0.3) is 0 Å². The second-order valence-corrected chi connectivity index (χ2v) is 24.8. The van der Waals surface area contributed by atoms with E-state index in [2.05, 4.69) is 116 Å². The van der Waals surface area contributed by atoms with Gasteiger partial charge >= 0.3 is 0 Å². The first kappa shape index (κ1) is 90.7. The van der Waals surface area contributed by atoms with E-state index in [1.807, 2.05) is 114 Å². The third-order valence-corrected chi connectivity index (χ3v) is 15.6. The molecule has 0 amide bonds. The van der Waals surface area contributed by atoms with Gasteiger partial charge in [0, 0.05) is 0 Å².